The van der Waals surface area contributed by atoms with Gasteiger partial charge in [0.2, 0.25) is 0 Å². The number of nitrogens with one attached hydrogen (secondary N) is 1. The Bertz CT molecular complexity index is 947. The molecule has 0 fully saturated rings. The molecular weight excluding hydrogens is 360 g/mol. The normalized spacial score (nSPS) is 10.8. The number of halogens is 1. The molecule has 0 saturated carbocycles. The molecule has 0 aliphatic rings. The summed E-state index contributed by atoms with van der Waals surface area (Å²) in [4.78, 5) is 13.0. The highest BCUT2D eigenvalue weighted by Crippen LogP contribution is 2.23. The molecule has 1 amide bonds. The summed E-state index contributed by atoms with van der Waals surface area (Å²) in [5.74, 6) is -0.234. The minimum absolute atomic E-state index is 0.234. The fraction of sp³-hybridized carbons (Fsp3) is 0.286. The zero-order valence-corrected chi connectivity index (χ0v) is 16.5. The quantitative estimate of drug-likeness (QED) is 0.652. The number of anilines is 1. The van der Waals surface area contributed by atoms with Gasteiger partial charge in [0.15, 0.2) is 5.69 Å². The van der Waals surface area contributed by atoms with E-state index in [2.05, 4.69) is 29.5 Å². The third-order valence-corrected chi connectivity index (χ3v) is 4.77. The van der Waals surface area contributed by atoms with Crippen LogP contribution < -0.4 is 5.32 Å². The van der Waals surface area contributed by atoms with E-state index in [4.69, 9.17) is 11.6 Å². The van der Waals surface area contributed by atoms with Gasteiger partial charge in [-0.2, -0.15) is 0 Å². The number of hydrogen-bond acceptors (Lipinski definition) is 3. The second-order valence-electron chi connectivity index (χ2n) is 6.44. The molecule has 5 nitrogen and oxygen atoms in total. The molecule has 0 aliphatic carbocycles. The fourth-order valence-electron chi connectivity index (χ4n) is 3.10. The van der Waals surface area contributed by atoms with E-state index in [0.29, 0.717) is 17.1 Å². The van der Waals surface area contributed by atoms with Crippen LogP contribution in [0.2, 0.25) is 5.02 Å². The van der Waals surface area contributed by atoms with E-state index in [0.717, 1.165) is 41.0 Å². The highest BCUT2D eigenvalue weighted by Gasteiger charge is 2.21. The molecule has 0 unspecified atom stereocenters. The number of benzene rings is 2. The van der Waals surface area contributed by atoms with Crippen LogP contribution in [0.3, 0.4) is 0 Å². The maximum absolute atomic E-state index is 13.0. The highest BCUT2D eigenvalue weighted by atomic mass is 35.5. The minimum atomic E-state index is -0.234. The summed E-state index contributed by atoms with van der Waals surface area (Å²) in [6.45, 7) is 6.13. The van der Waals surface area contributed by atoms with E-state index < -0.39 is 0 Å². The first kappa shape index (κ1) is 19.1. The van der Waals surface area contributed by atoms with Crippen LogP contribution in [0.4, 0.5) is 5.69 Å². The van der Waals surface area contributed by atoms with Crippen LogP contribution >= 0.6 is 11.6 Å². The molecule has 3 rings (SSSR count). The first-order valence-electron chi connectivity index (χ1n) is 9.15. The van der Waals surface area contributed by atoms with Gasteiger partial charge >= 0.3 is 0 Å². The third-order valence-electron chi connectivity index (χ3n) is 4.51. The van der Waals surface area contributed by atoms with Crippen molar-refractivity contribution in [2.45, 2.75) is 40.0 Å². The van der Waals surface area contributed by atoms with Gasteiger partial charge in [-0.3, -0.25) is 4.79 Å². The van der Waals surface area contributed by atoms with Crippen molar-refractivity contribution >= 4 is 23.2 Å². The van der Waals surface area contributed by atoms with Crippen molar-refractivity contribution in [3.8, 4) is 5.69 Å². The van der Waals surface area contributed by atoms with E-state index in [9.17, 15) is 4.79 Å². The van der Waals surface area contributed by atoms with E-state index in [1.165, 1.54) is 0 Å². The van der Waals surface area contributed by atoms with Gasteiger partial charge < -0.3 is 5.32 Å². The molecule has 1 aromatic heterocycles. The van der Waals surface area contributed by atoms with Crippen molar-refractivity contribution in [3.63, 3.8) is 0 Å². The average Bonchev–Trinajstić information content (AvgIpc) is 3.08. The Morgan fingerprint density at radius 3 is 2.56 bits per heavy atom. The number of para-hydroxylation sites is 1. The van der Waals surface area contributed by atoms with Crippen LogP contribution in [0.1, 0.15) is 47.6 Å². The van der Waals surface area contributed by atoms with E-state index in [-0.39, 0.29) is 5.91 Å². The second-order valence-corrected chi connectivity index (χ2v) is 6.88. The van der Waals surface area contributed by atoms with Gasteiger partial charge in [-0.05, 0) is 55.2 Å². The number of nitrogens with zero attached hydrogens (tertiary/aromatic N) is 3. The summed E-state index contributed by atoms with van der Waals surface area (Å²) in [5, 5.41) is 12.1. The first-order valence-corrected chi connectivity index (χ1v) is 9.53. The van der Waals surface area contributed by atoms with Gasteiger partial charge in [-0.1, -0.05) is 55.3 Å². The Balaban J connectivity index is 1.97. The van der Waals surface area contributed by atoms with Crippen LogP contribution in [0.5, 0.6) is 0 Å². The van der Waals surface area contributed by atoms with E-state index >= 15 is 0 Å². The van der Waals surface area contributed by atoms with Crippen molar-refractivity contribution < 1.29 is 4.79 Å². The lowest BCUT2D eigenvalue weighted by Gasteiger charge is -2.13. The lowest BCUT2D eigenvalue weighted by atomic mass is 10.1. The molecule has 0 saturated heterocycles. The smallest absolute Gasteiger partial charge is 0.278 e. The van der Waals surface area contributed by atoms with Gasteiger partial charge in [-0.25, -0.2) is 4.68 Å². The van der Waals surface area contributed by atoms with Crippen molar-refractivity contribution in [2.75, 3.05) is 5.32 Å². The van der Waals surface area contributed by atoms with Crippen molar-refractivity contribution in [3.05, 3.63) is 70.0 Å². The molecule has 0 radical (unpaired) electrons. The molecule has 6 heteroatoms. The van der Waals surface area contributed by atoms with Crippen molar-refractivity contribution in [1.82, 2.24) is 15.0 Å². The topological polar surface area (TPSA) is 59.8 Å². The molecule has 0 bridgehead atoms. The van der Waals surface area contributed by atoms with E-state index in [1.54, 1.807) is 16.8 Å². The number of aryl methyl sites for hydroxylation is 2. The number of carbonyl (C=O) groups is 1. The Morgan fingerprint density at radius 2 is 1.89 bits per heavy atom. The Hall–Kier alpha value is -2.66. The molecule has 1 heterocycles. The molecule has 0 atom stereocenters. The summed E-state index contributed by atoms with van der Waals surface area (Å²) in [7, 11) is 0. The number of aromatic nitrogens is 3. The Kier molecular flexibility index (Phi) is 5.91. The van der Waals surface area contributed by atoms with Crippen LogP contribution in [0.25, 0.3) is 5.69 Å². The molecule has 2 aromatic carbocycles. The average molecular weight is 383 g/mol. The maximum atomic E-state index is 13.0. The molecule has 0 spiro atoms. The van der Waals surface area contributed by atoms with Crippen molar-refractivity contribution in [2.24, 2.45) is 0 Å². The van der Waals surface area contributed by atoms with E-state index in [1.807, 2.05) is 37.3 Å². The molecule has 27 heavy (non-hydrogen) atoms. The standard InChI is InChI=1S/C21H23ClN4O/c1-4-7-18-20(24-25-26(18)17-12-10-16(22)11-13-17)21(27)23-19-14(3)8-6-9-15(19)5-2/h6,8-13H,4-5,7H2,1-3H3,(H,23,27). The summed E-state index contributed by atoms with van der Waals surface area (Å²) in [6.07, 6.45) is 2.43. The molecule has 0 aliphatic heterocycles. The Labute approximate surface area is 164 Å². The summed E-state index contributed by atoms with van der Waals surface area (Å²) in [6, 6.07) is 13.4. The number of amides is 1. The van der Waals surface area contributed by atoms with Gasteiger partial charge in [-0.15, -0.1) is 5.10 Å². The molecule has 140 valence electrons. The monoisotopic (exact) mass is 382 g/mol. The predicted molar refractivity (Wildman–Crippen MR) is 109 cm³/mol. The van der Waals surface area contributed by atoms with Gasteiger partial charge in [0.05, 0.1) is 11.4 Å². The zero-order valence-electron chi connectivity index (χ0n) is 15.8. The molecular formula is C21H23ClN4O. The van der Waals surface area contributed by atoms with Crippen LogP contribution in [-0.4, -0.2) is 20.9 Å². The SMILES string of the molecule is CCCc1c(C(=O)Nc2c(C)cccc2CC)nnn1-c1ccc(Cl)cc1. The minimum Gasteiger partial charge on any atom is -0.320 e. The lowest BCUT2D eigenvalue weighted by Crippen LogP contribution is -2.17. The Morgan fingerprint density at radius 1 is 1.15 bits per heavy atom. The summed E-state index contributed by atoms with van der Waals surface area (Å²) in [5.41, 5.74) is 4.98. The second kappa shape index (κ2) is 8.35. The first-order chi connectivity index (χ1) is 13.0. The zero-order chi connectivity index (χ0) is 19.4. The van der Waals surface area contributed by atoms with Crippen LogP contribution in [0.15, 0.2) is 42.5 Å². The summed E-state index contributed by atoms with van der Waals surface area (Å²) >= 11 is 5.98. The lowest BCUT2D eigenvalue weighted by molar-refractivity contribution is 0.102. The predicted octanol–water partition coefficient (Wildman–Crippen LogP) is 5.00. The number of rotatable bonds is 6. The molecule has 3 aromatic rings. The number of carbonyl (C=O) groups excluding carboxylic acids is 1. The van der Waals surface area contributed by atoms with Gasteiger partial charge in [0, 0.05) is 10.7 Å². The van der Waals surface area contributed by atoms with Gasteiger partial charge in [0.25, 0.3) is 5.91 Å². The largest absolute Gasteiger partial charge is 0.320 e. The third kappa shape index (κ3) is 4.03. The fourth-order valence-corrected chi connectivity index (χ4v) is 3.23. The maximum Gasteiger partial charge on any atom is 0.278 e. The van der Waals surface area contributed by atoms with Crippen molar-refractivity contribution in [1.29, 1.82) is 0 Å². The summed E-state index contributed by atoms with van der Waals surface area (Å²) < 4.78 is 1.72. The van der Waals surface area contributed by atoms with Crippen LogP contribution in [0, 0.1) is 6.92 Å². The highest BCUT2D eigenvalue weighted by molar-refractivity contribution is 6.30. The number of hydrogen-bond donors (Lipinski definition) is 1. The van der Waals surface area contributed by atoms with Crippen LogP contribution in [-0.2, 0) is 12.8 Å². The van der Waals surface area contributed by atoms with Gasteiger partial charge in [0.1, 0.15) is 0 Å². The molecule has 1 N–H and O–H groups in total.